The Morgan fingerprint density at radius 2 is 1.57 bits per heavy atom. The third-order valence-corrected chi connectivity index (χ3v) is 4.79. The van der Waals surface area contributed by atoms with E-state index < -0.39 is 11.2 Å². The molecule has 0 aliphatic carbocycles. The largest absolute Gasteiger partial charge is 0.359 e. The van der Waals surface area contributed by atoms with Gasteiger partial charge in [0.1, 0.15) is 19.2 Å². The second-order valence-corrected chi connectivity index (χ2v) is 8.27. The molecule has 1 aromatic rings. The molecule has 4 heteroatoms. The second kappa shape index (κ2) is 13.5. The molecule has 0 bridgehead atoms. The molecule has 0 amide bonds. The van der Waals surface area contributed by atoms with Crippen molar-refractivity contribution in [3.8, 4) is 23.7 Å². The van der Waals surface area contributed by atoms with Gasteiger partial charge in [0, 0.05) is 19.8 Å². The zero-order valence-corrected chi connectivity index (χ0v) is 19.8. The maximum absolute atomic E-state index is 5.95. The van der Waals surface area contributed by atoms with Crippen LogP contribution in [0.5, 0.6) is 0 Å². The van der Waals surface area contributed by atoms with Gasteiger partial charge in [-0.1, -0.05) is 56.2 Å². The van der Waals surface area contributed by atoms with Gasteiger partial charge in [-0.2, -0.15) is 0 Å². The first-order chi connectivity index (χ1) is 14.3. The van der Waals surface area contributed by atoms with E-state index in [4.69, 9.17) is 18.9 Å². The number of ether oxygens (including phenoxy) is 4. The molecule has 0 heterocycles. The Balaban J connectivity index is 3.22. The Morgan fingerprint density at radius 3 is 2.23 bits per heavy atom. The fourth-order valence-corrected chi connectivity index (χ4v) is 3.00. The lowest BCUT2D eigenvalue weighted by atomic mass is 9.88. The van der Waals surface area contributed by atoms with Crippen LogP contribution in [0.15, 0.2) is 18.2 Å². The van der Waals surface area contributed by atoms with E-state index in [-0.39, 0.29) is 13.6 Å². The SMILES string of the molecule is CCCCCCc1cccc(C(C)(C)OCOC)c1C#CC#CC(C)(C)OCOC. The van der Waals surface area contributed by atoms with Crippen LogP contribution in [-0.4, -0.2) is 33.4 Å². The molecule has 0 aliphatic heterocycles. The summed E-state index contributed by atoms with van der Waals surface area (Å²) >= 11 is 0. The first kappa shape index (κ1) is 26.2. The molecule has 0 N–H and O–H groups in total. The molecular weight excluding hydrogens is 376 g/mol. The molecule has 0 unspecified atom stereocenters. The average molecular weight is 415 g/mol. The fraction of sp³-hybridized carbons (Fsp3) is 0.615. The van der Waals surface area contributed by atoms with E-state index in [9.17, 15) is 0 Å². The van der Waals surface area contributed by atoms with E-state index in [1.165, 1.54) is 24.8 Å². The van der Waals surface area contributed by atoms with E-state index in [2.05, 4.69) is 48.8 Å². The Labute approximate surface area is 183 Å². The molecule has 0 fully saturated rings. The van der Waals surface area contributed by atoms with Crippen molar-refractivity contribution in [1.82, 2.24) is 0 Å². The van der Waals surface area contributed by atoms with Gasteiger partial charge >= 0.3 is 0 Å². The summed E-state index contributed by atoms with van der Waals surface area (Å²) in [6.45, 7) is 10.5. The molecule has 1 rings (SSSR count). The summed E-state index contributed by atoms with van der Waals surface area (Å²) in [5, 5.41) is 0. The minimum Gasteiger partial charge on any atom is -0.359 e. The molecule has 0 spiro atoms. The van der Waals surface area contributed by atoms with Gasteiger partial charge in [-0.15, -0.1) is 0 Å². The second-order valence-electron chi connectivity index (χ2n) is 8.27. The first-order valence-electron chi connectivity index (χ1n) is 10.7. The normalized spacial score (nSPS) is 11.4. The zero-order chi connectivity index (χ0) is 22.5. The third-order valence-electron chi connectivity index (χ3n) is 4.79. The third kappa shape index (κ3) is 9.33. The van der Waals surface area contributed by atoms with Crippen LogP contribution in [0.3, 0.4) is 0 Å². The van der Waals surface area contributed by atoms with E-state index in [1.54, 1.807) is 14.2 Å². The van der Waals surface area contributed by atoms with Crippen LogP contribution in [-0.2, 0) is 31.0 Å². The molecule has 0 atom stereocenters. The summed E-state index contributed by atoms with van der Waals surface area (Å²) in [6.07, 6.45) is 5.84. The van der Waals surface area contributed by atoms with Crippen molar-refractivity contribution in [3.05, 3.63) is 34.9 Å². The first-order valence-corrected chi connectivity index (χ1v) is 10.7. The Hall–Kier alpha value is -1.82. The highest BCUT2D eigenvalue weighted by molar-refractivity contribution is 5.52. The standard InChI is InChI=1S/C26H38O4/c1-8-9-10-11-15-22-16-14-18-24(26(4,5)30-21-28-7)23(22)17-12-13-19-25(2,3)29-20-27-6/h14,16,18H,8-11,15,20-21H2,1-7H3. The number of hydrogen-bond acceptors (Lipinski definition) is 4. The van der Waals surface area contributed by atoms with E-state index in [0.29, 0.717) is 0 Å². The lowest BCUT2D eigenvalue weighted by molar-refractivity contribution is -0.118. The summed E-state index contributed by atoms with van der Waals surface area (Å²) in [5.41, 5.74) is 2.15. The van der Waals surface area contributed by atoms with Crippen LogP contribution < -0.4 is 0 Å². The Bertz CT molecular complexity index is 757. The molecule has 4 nitrogen and oxygen atoms in total. The lowest BCUT2D eigenvalue weighted by Crippen LogP contribution is -2.24. The molecule has 0 saturated carbocycles. The number of rotatable bonds is 12. The molecule has 0 radical (unpaired) electrons. The van der Waals surface area contributed by atoms with E-state index in [0.717, 1.165) is 24.0 Å². The van der Waals surface area contributed by atoms with E-state index in [1.807, 2.05) is 27.7 Å². The fourth-order valence-electron chi connectivity index (χ4n) is 3.00. The van der Waals surface area contributed by atoms with Gasteiger partial charge in [0.15, 0.2) is 0 Å². The smallest absolute Gasteiger partial charge is 0.148 e. The zero-order valence-electron chi connectivity index (χ0n) is 19.8. The van der Waals surface area contributed by atoms with Crippen molar-refractivity contribution in [3.63, 3.8) is 0 Å². The Morgan fingerprint density at radius 1 is 0.867 bits per heavy atom. The van der Waals surface area contributed by atoms with Crippen molar-refractivity contribution in [2.24, 2.45) is 0 Å². The van der Waals surface area contributed by atoms with Gasteiger partial charge in [0.25, 0.3) is 0 Å². The molecule has 0 aromatic heterocycles. The van der Waals surface area contributed by atoms with Crippen LogP contribution in [0, 0.1) is 23.7 Å². The minimum absolute atomic E-state index is 0.199. The average Bonchev–Trinajstić information content (AvgIpc) is 2.71. The van der Waals surface area contributed by atoms with E-state index >= 15 is 0 Å². The van der Waals surface area contributed by atoms with Crippen molar-refractivity contribution in [2.75, 3.05) is 27.8 Å². The number of methoxy groups -OCH3 is 2. The molecule has 166 valence electrons. The van der Waals surface area contributed by atoms with Gasteiger partial charge < -0.3 is 18.9 Å². The highest BCUT2D eigenvalue weighted by atomic mass is 16.7. The number of unbranched alkanes of at least 4 members (excludes halogenated alkanes) is 3. The van der Waals surface area contributed by atoms with Gasteiger partial charge in [0.2, 0.25) is 0 Å². The maximum Gasteiger partial charge on any atom is 0.148 e. The molecular formula is C26H38O4. The Kier molecular flexibility index (Phi) is 11.8. The van der Waals surface area contributed by atoms with Crippen LogP contribution in [0.25, 0.3) is 0 Å². The summed E-state index contributed by atoms with van der Waals surface area (Å²) in [4.78, 5) is 0. The highest BCUT2D eigenvalue weighted by Gasteiger charge is 2.25. The van der Waals surface area contributed by atoms with Gasteiger partial charge in [0.05, 0.1) is 5.60 Å². The predicted molar refractivity (Wildman–Crippen MR) is 122 cm³/mol. The topological polar surface area (TPSA) is 36.9 Å². The lowest BCUT2D eigenvalue weighted by Gasteiger charge is -2.27. The van der Waals surface area contributed by atoms with Gasteiger partial charge in [-0.25, -0.2) is 0 Å². The van der Waals surface area contributed by atoms with Crippen molar-refractivity contribution >= 4 is 0 Å². The summed E-state index contributed by atoms with van der Waals surface area (Å²) in [6, 6.07) is 6.32. The van der Waals surface area contributed by atoms with Crippen molar-refractivity contribution in [2.45, 2.75) is 77.9 Å². The van der Waals surface area contributed by atoms with Crippen molar-refractivity contribution < 1.29 is 18.9 Å². The number of aryl methyl sites for hydroxylation is 1. The molecule has 1 aromatic carbocycles. The van der Waals surface area contributed by atoms with Crippen LogP contribution in [0.1, 0.15) is 77.0 Å². The summed E-state index contributed by atoms with van der Waals surface area (Å²) < 4.78 is 21.6. The van der Waals surface area contributed by atoms with Gasteiger partial charge in [-0.3, -0.25) is 0 Å². The number of benzene rings is 1. The number of hydrogen-bond donors (Lipinski definition) is 0. The van der Waals surface area contributed by atoms with Gasteiger partial charge in [-0.05, 0) is 63.5 Å². The summed E-state index contributed by atoms with van der Waals surface area (Å²) in [7, 11) is 3.22. The van der Waals surface area contributed by atoms with Crippen LogP contribution in [0.2, 0.25) is 0 Å². The minimum atomic E-state index is -0.617. The maximum atomic E-state index is 5.95. The van der Waals surface area contributed by atoms with Crippen LogP contribution >= 0.6 is 0 Å². The highest BCUT2D eigenvalue weighted by Crippen LogP contribution is 2.30. The molecule has 0 saturated heterocycles. The van der Waals surface area contributed by atoms with Crippen LogP contribution in [0.4, 0.5) is 0 Å². The predicted octanol–water partition coefficient (Wildman–Crippen LogP) is 5.42. The molecule has 30 heavy (non-hydrogen) atoms. The monoisotopic (exact) mass is 414 g/mol. The summed E-state index contributed by atoms with van der Waals surface area (Å²) in [5.74, 6) is 12.3. The molecule has 0 aliphatic rings. The van der Waals surface area contributed by atoms with Crippen molar-refractivity contribution in [1.29, 1.82) is 0 Å². The quantitative estimate of drug-likeness (QED) is 0.260.